The monoisotopic (exact) mass is 232 g/mol. The van der Waals surface area contributed by atoms with Gasteiger partial charge in [-0.2, -0.15) is 4.98 Å². The molecule has 2 rings (SSSR count). The van der Waals surface area contributed by atoms with Crippen LogP contribution < -0.4 is 10.6 Å². The van der Waals surface area contributed by atoms with Gasteiger partial charge >= 0.3 is 0 Å². The normalized spacial score (nSPS) is 16.5. The minimum absolute atomic E-state index is 0.575. The molecule has 0 aliphatic heterocycles. The van der Waals surface area contributed by atoms with Crippen LogP contribution >= 0.6 is 0 Å². The van der Waals surface area contributed by atoms with Gasteiger partial charge in [-0.1, -0.05) is 25.3 Å². The van der Waals surface area contributed by atoms with Gasteiger partial charge in [-0.05, 0) is 18.9 Å². The standard InChI is InChI=1S/C13H20N4/c1-2-9-14-13-15-10-8-12(17-13)16-11-6-4-3-5-7-11/h2,8,10-11H,1,3-7,9H2,(H2,14,15,16,17). The summed E-state index contributed by atoms with van der Waals surface area (Å²) in [7, 11) is 0. The van der Waals surface area contributed by atoms with Crippen molar-refractivity contribution in [3.63, 3.8) is 0 Å². The van der Waals surface area contributed by atoms with Crippen molar-refractivity contribution in [3.05, 3.63) is 24.9 Å². The van der Waals surface area contributed by atoms with Gasteiger partial charge in [0.1, 0.15) is 5.82 Å². The first-order valence-electron chi connectivity index (χ1n) is 6.33. The van der Waals surface area contributed by atoms with Crippen molar-refractivity contribution in [2.45, 2.75) is 38.1 Å². The van der Waals surface area contributed by atoms with Crippen LogP contribution in [0.15, 0.2) is 24.9 Å². The molecule has 92 valence electrons. The fraction of sp³-hybridized carbons (Fsp3) is 0.538. The molecule has 4 heteroatoms. The van der Waals surface area contributed by atoms with Crippen molar-refractivity contribution in [2.75, 3.05) is 17.2 Å². The van der Waals surface area contributed by atoms with E-state index in [9.17, 15) is 0 Å². The predicted octanol–water partition coefficient (Wildman–Crippen LogP) is 2.82. The van der Waals surface area contributed by atoms with Crippen LogP contribution in [0.1, 0.15) is 32.1 Å². The molecule has 1 aromatic rings. The first-order chi connectivity index (χ1) is 8.38. The lowest BCUT2D eigenvalue weighted by atomic mass is 9.95. The smallest absolute Gasteiger partial charge is 0.224 e. The molecule has 17 heavy (non-hydrogen) atoms. The van der Waals surface area contributed by atoms with Crippen molar-refractivity contribution in [1.82, 2.24) is 9.97 Å². The first-order valence-corrected chi connectivity index (χ1v) is 6.33. The van der Waals surface area contributed by atoms with E-state index in [0.717, 1.165) is 5.82 Å². The molecular weight excluding hydrogens is 212 g/mol. The zero-order valence-corrected chi connectivity index (χ0v) is 10.2. The molecule has 1 heterocycles. The Morgan fingerprint density at radius 2 is 2.18 bits per heavy atom. The van der Waals surface area contributed by atoms with Crippen LogP contribution in [0, 0.1) is 0 Å². The Balaban J connectivity index is 1.92. The molecule has 0 radical (unpaired) electrons. The molecule has 0 unspecified atom stereocenters. The van der Waals surface area contributed by atoms with Crippen LogP contribution in [-0.2, 0) is 0 Å². The summed E-state index contributed by atoms with van der Waals surface area (Å²) in [6.45, 7) is 4.35. The number of nitrogens with one attached hydrogen (secondary N) is 2. The summed E-state index contributed by atoms with van der Waals surface area (Å²) in [4.78, 5) is 8.58. The van der Waals surface area contributed by atoms with E-state index in [1.165, 1.54) is 32.1 Å². The molecule has 1 aliphatic rings. The van der Waals surface area contributed by atoms with Crippen molar-refractivity contribution in [2.24, 2.45) is 0 Å². The van der Waals surface area contributed by atoms with E-state index < -0.39 is 0 Å². The maximum absolute atomic E-state index is 4.42. The number of nitrogens with zero attached hydrogens (tertiary/aromatic N) is 2. The predicted molar refractivity (Wildman–Crippen MR) is 71.2 cm³/mol. The Bertz CT molecular complexity index is 358. The second-order valence-electron chi connectivity index (χ2n) is 4.41. The highest BCUT2D eigenvalue weighted by molar-refractivity contribution is 5.40. The topological polar surface area (TPSA) is 49.8 Å². The summed E-state index contributed by atoms with van der Waals surface area (Å²) in [5, 5.41) is 6.57. The van der Waals surface area contributed by atoms with E-state index in [0.29, 0.717) is 18.5 Å². The molecule has 0 bridgehead atoms. The maximum atomic E-state index is 4.42. The summed E-state index contributed by atoms with van der Waals surface area (Å²) in [5.41, 5.74) is 0. The summed E-state index contributed by atoms with van der Waals surface area (Å²) in [5.74, 6) is 1.57. The van der Waals surface area contributed by atoms with Gasteiger partial charge in [0.05, 0.1) is 0 Å². The third-order valence-electron chi connectivity index (χ3n) is 3.02. The molecule has 0 aromatic carbocycles. The molecule has 0 amide bonds. The van der Waals surface area contributed by atoms with Crippen LogP contribution in [0.2, 0.25) is 0 Å². The Hall–Kier alpha value is -1.58. The molecular formula is C13H20N4. The van der Waals surface area contributed by atoms with Gasteiger partial charge in [-0.3, -0.25) is 0 Å². The van der Waals surface area contributed by atoms with Crippen molar-refractivity contribution in [1.29, 1.82) is 0 Å². The summed E-state index contributed by atoms with van der Waals surface area (Å²) >= 11 is 0. The van der Waals surface area contributed by atoms with Crippen LogP contribution in [0.4, 0.5) is 11.8 Å². The molecule has 4 nitrogen and oxygen atoms in total. The third-order valence-corrected chi connectivity index (χ3v) is 3.02. The number of hydrogen-bond acceptors (Lipinski definition) is 4. The van der Waals surface area contributed by atoms with E-state index in [2.05, 4.69) is 27.2 Å². The first kappa shape index (κ1) is 11.9. The molecule has 0 spiro atoms. The van der Waals surface area contributed by atoms with Crippen LogP contribution in [0.25, 0.3) is 0 Å². The van der Waals surface area contributed by atoms with Gasteiger partial charge in [0.25, 0.3) is 0 Å². The Kier molecular flexibility index (Phi) is 4.36. The van der Waals surface area contributed by atoms with E-state index in [1.807, 2.05) is 6.07 Å². The van der Waals surface area contributed by atoms with Crippen molar-refractivity contribution < 1.29 is 0 Å². The summed E-state index contributed by atoms with van der Waals surface area (Å²) in [6, 6.07) is 2.50. The molecule has 1 aliphatic carbocycles. The maximum Gasteiger partial charge on any atom is 0.224 e. The third kappa shape index (κ3) is 3.73. The fourth-order valence-electron chi connectivity index (χ4n) is 2.14. The van der Waals surface area contributed by atoms with E-state index in [-0.39, 0.29) is 0 Å². The zero-order valence-electron chi connectivity index (χ0n) is 10.2. The fourth-order valence-corrected chi connectivity index (χ4v) is 2.14. The van der Waals surface area contributed by atoms with E-state index >= 15 is 0 Å². The molecule has 2 N–H and O–H groups in total. The highest BCUT2D eigenvalue weighted by Gasteiger charge is 2.13. The molecule has 1 aromatic heterocycles. The lowest BCUT2D eigenvalue weighted by Gasteiger charge is -2.23. The highest BCUT2D eigenvalue weighted by Crippen LogP contribution is 2.20. The van der Waals surface area contributed by atoms with Gasteiger partial charge < -0.3 is 10.6 Å². The van der Waals surface area contributed by atoms with Crippen LogP contribution in [0.5, 0.6) is 0 Å². The van der Waals surface area contributed by atoms with E-state index in [1.54, 1.807) is 12.3 Å². The molecule has 1 fully saturated rings. The van der Waals surface area contributed by atoms with Crippen LogP contribution in [0.3, 0.4) is 0 Å². The second-order valence-corrected chi connectivity index (χ2v) is 4.41. The second kappa shape index (κ2) is 6.23. The molecule has 0 saturated heterocycles. The lowest BCUT2D eigenvalue weighted by Crippen LogP contribution is -2.23. The Morgan fingerprint density at radius 3 is 2.94 bits per heavy atom. The van der Waals surface area contributed by atoms with Gasteiger partial charge in [0, 0.05) is 18.8 Å². The number of hydrogen-bond donors (Lipinski definition) is 2. The van der Waals surface area contributed by atoms with Gasteiger partial charge in [-0.25, -0.2) is 4.98 Å². The van der Waals surface area contributed by atoms with Crippen molar-refractivity contribution in [3.8, 4) is 0 Å². The summed E-state index contributed by atoms with van der Waals surface area (Å²) in [6.07, 6.45) is 10.1. The van der Waals surface area contributed by atoms with Crippen molar-refractivity contribution >= 4 is 11.8 Å². The number of aromatic nitrogens is 2. The SMILES string of the molecule is C=CCNc1nccc(NC2CCCCC2)n1. The minimum Gasteiger partial charge on any atom is -0.367 e. The van der Waals surface area contributed by atoms with Gasteiger partial charge in [0.15, 0.2) is 0 Å². The van der Waals surface area contributed by atoms with Crippen LogP contribution in [-0.4, -0.2) is 22.6 Å². The number of anilines is 2. The molecule has 1 saturated carbocycles. The summed E-state index contributed by atoms with van der Waals surface area (Å²) < 4.78 is 0. The highest BCUT2D eigenvalue weighted by atomic mass is 15.1. The Labute approximate surface area is 103 Å². The average molecular weight is 232 g/mol. The molecule has 0 atom stereocenters. The average Bonchev–Trinajstić information content (AvgIpc) is 2.38. The minimum atomic E-state index is 0.575. The zero-order chi connectivity index (χ0) is 11.9. The van der Waals surface area contributed by atoms with E-state index in [4.69, 9.17) is 0 Å². The van der Waals surface area contributed by atoms with Gasteiger partial charge in [0.2, 0.25) is 5.95 Å². The quantitative estimate of drug-likeness (QED) is 0.766. The Morgan fingerprint density at radius 1 is 1.35 bits per heavy atom. The van der Waals surface area contributed by atoms with Gasteiger partial charge in [-0.15, -0.1) is 6.58 Å². The lowest BCUT2D eigenvalue weighted by molar-refractivity contribution is 0.462. The number of rotatable bonds is 5. The largest absolute Gasteiger partial charge is 0.367 e.